The number of nitrogens with one attached hydrogen (secondary N) is 2. The van der Waals surface area contributed by atoms with Crippen LogP contribution in [-0.4, -0.2) is 34.2 Å². The number of benzene rings is 2. The summed E-state index contributed by atoms with van der Waals surface area (Å²) in [5.41, 5.74) is 8.73. The highest BCUT2D eigenvalue weighted by atomic mass is 16.5. The summed E-state index contributed by atoms with van der Waals surface area (Å²) < 4.78 is 5.55. The normalized spacial score (nSPS) is 10.8. The highest BCUT2D eigenvalue weighted by Crippen LogP contribution is 2.29. The van der Waals surface area contributed by atoms with Crippen LogP contribution in [0.15, 0.2) is 67.0 Å². The average molecular weight is 373 g/mol. The van der Waals surface area contributed by atoms with E-state index >= 15 is 0 Å². The molecule has 4 rings (SSSR count). The van der Waals surface area contributed by atoms with Crippen molar-refractivity contribution < 1.29 is 9.53 Å². The van der Waals surface area contributed by atoms with Gasteiger partial charge in [0.05, 0.1) is 11.7 Å². The molecule has 140 valence electrons. The summed E-state index contributed by atoms with van der Waals surface area (Å²) in [6.07, 6.45) is 3.42. The number of amides is 1. The summed E-state index contributed by atoms with van der Waals surface area (Å²) in [5, 5.41) is 10.9. The smallest absolute Gasteiger partial charge is 0.256 e. The number of fused-ring (bicyclic) bond motifs is 1. The van der Waals surface area contributed by atoms with Crippen molar-refractivity contribution in [2.45, 2.75) is 0 Å². The molecule has 4 aromatic rings. The molecule has 4 N–H and O–H groups in total. The zero-order valence-electron chi connectivity index (χ0n) is 15.1. The molecule has 7 nitrogen and oxygen atoms in total. The standard InChI is InChI=1S/C21H19N5O2/c22-8-9-28-17-10-16(12-23-13-17)15-6-7-19-18(11-15)20(26-25-19)24-21(27)14-4-2-1-3-5-14/h1-7,10-13H,8-9,22H2,(H2,24,25,26,27). The number of carbonyl (C=O) groups excluding carboxylic acids is 1. The minimum absolute atomic E-state index is 0.210. The maximum absolute atomic E-state index is 12.5. The van der Waals surface area contributed by atoms with Crippen LogP contribution < -0.4 is 15.8 Å². The molecule has 2 aromatic carbocycles. The molecule has 0 saturated heterocycles. The Balaban J connectivity index is 1.64. The van der Waals surface area contributed by atoms with Crippen LogP contribution >= 0.6 is 0 Å². The number of aromatic nitrogens is 3. The number of ether oxygens (including phenoxy) is 1. The third-order valence-corrected chi connectivity index (χ3v) is 4.26. The van der Waals surface area contributed by atoms with Crippen molar-refractivity contribution in [3.05, 3.63) is 72.6 Å². The molecule has 0 fully saturated rings. The highest BCUT2D eigenvalue weighted by Gasteiger charge is 2.12. The fourth-order valence-corrected chi connectivity index (χ4v) is 2.89. The summed E-state index contributed by atoms with van der Waals surface area (Å²) in [4.78, 5) is 16.7. The predicted molar refractivity (Wildman–Crippen MR) is 108 cm³/mol. The first-order valence-corrected chi connectivity index (χ1v) is 8.87. The Bertz CT molecular complexity index is 1110. The maximum atomic E-state index is 12.5. The number of hydrogen-bond donors (Lipinski definition) is 3. The number of aromatic amines is 1. The molecular weight excluding hydrogens is 354 g/mol. The number of H-pyrrole nitrogens is 1. The molecule has 0 aliphatic carbocycles. The number of hydrogen-bond acceptors (Lipinski definition) is 5. The Hall–Kier alpha value is -3.71. The minimum atomic E-state index is -0.210. The molecule has 0 aliphatic heterocycles. The van der Waals surface area contributed by atoms with Crippen molar-refractivity contribution in [3.8, 4) is 16.9 Å². The largest absolute Gasteiger partial charge is 0.491 e. The molecule has 0 saturated carbocycles. The monoisotopic (exact) mass is 373 g/mol. The lowest BCUT2D eigenvalue weighted by molar-refractivity contribution is 0.102. The van der Waals surface area contributed by atoms with Crippen LogP contribution in [0.5, 0.6) is 5.75 Å². The molecule has 0 radical (unpaired) electrons. The Morgan fingerprint density at radius 2 is 1.93 bits per heavy atom. The molecule has 0 unspecified atom stereocenters. The predicted octanol–water partition coefficient (Wildman–Crippen LogP) is 3.21. The molecule has 7 heteroatoms. The van der Waals surface area contributed by atoms with Gasteiger partial charge >= 0.3 is 0 Å². The number of rotatable bonds is 6. The number of nitrogens with two attached hydrogens (primary N) is 1. The van der Waals surface area contributed by atoms with Crippen LogP contribution in [-0.2, 0) is 0 Å². The first-order chi connectivity index (χ1) is 13.7. The fourth-order valence-electron chi connectivity index (χ4n) is 2.89. The summed E-state index contributed by atoms with van der Waals surface area (Å²) in [5.74, 6) is 0.931. The van der Waals surface area contributed by atoms with Gasteiger partial charge in [-0.1, -0.05) is 24.3 Å². The van der Waals surface area contributed by atoms with Crippen molar-refractivity contribution in [2.75, 3.05) is 18.5 Å². The van der Waals surface area contributed by atoms with E-state index in [1.165, 1.54) is 0 Å². The summed E-state index contributed by atoms with van der Waals surface area (Å²) >= 11 is 0. The molecule has 0 aliphatic rings. The van der Waals surface area contributed by atoms with E-state index in [2.05, 4.69) is 20.5 Å². The maximum Gasteiger partial charge on any atom is 0.256 e. The van der Waals surface area contributed by atoms with E-state index in [9.17, 15) is 4.79 Å². The van der Waals surface area contributed by atoms with E-state index in [1.54, 1.807) is 24.5 Å². The molecule has 2 heterocycles. The third-order valence-electron chi connectivity index (χ3n) is 4.26. The molecule has 28 heavy (non-hydrogen) atoms. The second kappa shape index (κ2) is 7.89. The van der Waals surface area contributed by atoms with Gasteiger partial charge in [-0.2, -0.15) is 5.10 Å². The van der Waals surface area contributed by atoms with E-state index in [0.29, 0.717) is 30.3 Å². The van der Waals surface area contributed by atoms with Crippen molar-refractivity contribution in [3.63, 3.8) is 0 Å². The lowest BCUT2D eigenvalue weighted by Gasteiger charge is -2.07. The van der Waals surface area contributed by atoms with Gasteiger partial charge in [0.25, 0.3) is 5.91 Å². The van der Waals surface area contributed by atoms with Gasteiger partial charge in [0, 0.05) is 29.3 Å². The second-order valence-electron chi connectivity index (χ2n) is 6.20. The third kappa shape index (κ3) is 3.70. The molecule has 0 spiro atoms. The van der Waals surface area contributed by atoms with Crippen LogP contribution in [0, 0.1) is 0 Å². The molecule has 1 amide bonds. The average Bonchev–Trinajstić information content (AvgIpc) is 3.15. The summed E-state index contributed by atoms with van der Waals surface area (Å²) in [6, 6.07) is 16.8. The van der Waals surface area contributed by atoms with Crippen molar-refractivity contribution in [1.82, 2.24) is 15.2 Å². The fraction of sp³-hybridized carbons (Fsp3) is 0.0952. The van der Waals surface area contributed by atoms with E-state index in [-0.39, 0.29) is 5.91 Å². The number of pyridine rings is 1. The Kier molecular flexibility index (Phi) is 4.99. The van der Waals surface area contributed by atoms with Gasteiger partial charge in [-0.25, -0.2) is 0 Å². The van der Waals surface area contributed by atoms with E-state index in [0.717, 1.165) is 22.0 Å². The molecular formula is C21H19N5O2. The van der Waals surface area contributed by atoms with Crippen molar-refractivity contribution in [1.29, 1.82) is 0 Å². The van der Waals surface area contributed by atoms with Gasteiger partial charge < -0.3 is 15.8 Å². The van der Waals surface area contributed by atoms with Crippen LogP contribution in [0.25, 0.3) is 22.0 Å². The highest BCUT2D eigenvalue weighted by molar-refractivity contribution is 6.08. The Morgan fingerprint density at radius 1 is 1.07 bits per heavy atom. The van der Waals surface area contributed by atoms with E-state index in [4.69, 9.17) is 10.5 Å². The number of nitrogens with zero attached hydrogens (tertiary/aromatic N) is 2. The van der Waals surface area contributed by atoms with Gasteiger partial charge in [-0.05, 0) is 35.9 Å². The lowest BCUT2D eigenvalue weighted by Crippen LogP contribution is -2.12. The van der Waals surface area contributed by atoms with Crippen LogP contribution in [0.3, 0.4) is 0 Å². The van der Waals surface area contributed by atoms with Crippen LogP contribution in [0.4, 0.5) is 5.82 Å². The first kappa shape index (κ1) is 17.7. The van der Waals surface area contributed by atoms with Crippen LogP contribution in [0.1, 0.15) is 10.4 Å². The summed E-state index contributed by atoms with van der Waals surface area (Å²) in [7, 11) is 0. The quantitative estimate of drug-likeness (QED) is 0.481. The van der Waals surface area contributed by atoms with Gasteiger partial charge in [-0.15, -0.1) is 0 Å². The number of anilines is 1. The van der Waals surface area contributed by atoms with E-state index < -0.39 is 0 Å². The van der Waals surface area contributed by atoms with Crippen LogP contribution in [0.2, 0.25) is 0 Å². The van der Waals surface area contributed by atoms with E-state index in [1.807, 2.05) is 42.5 Å². The zero-order valence-corrected chi connectivity index (χ0v) is 15.1. The van der Waals surface area contributed by atoms with Gasteiger partial charge in [-0.3, -0.25) is 14.9 Å². The Morgan fingerprint density at radius 3 is 2.75 bits per heavy atom. The van der Waals surface area contributed by atoms with Gasteiger partial charge in [0.15, 0.2) is 5.82 Å². The second-order valence-corrected chi connectivity index (χ2v) is 6.20. The SMILES string of the molecule is NCCOc1cncc(-c2ccc3[nH]nc(NC(=O)c4ccccc4)c3c2)c1. The minimum Gasteiger partial charge on any atom is -0.491 e. The topological polar surface area (TPSA) is 106 Å². The number of carbonyl (C=O) groups is 1. The van der Waals surface area contributed by atoms with Gasteiger partial charge in [0.1, 0.15) is 12.4 Å². The van der Waals surface area contributed by atoms with Crippen molar-refractivity contribution in [2.24, 2.45) is 5.73 Å². The Labute approximate surface area is 161 Å². The summed E-state index contributed by atoms with van der Waals surface area (Å²) in [6.45, 7) is 0.872. The molecule has 2 aromatic heterocycles. The molecule has 0 bridgehead atoms. The zero-order chi connectivity index (χ0) is 19.3. The van der Waals surface area contributed by atoms with Gasteiger partial charge in [0.2, 0.25) is 0 Å². The molecule has 0 atom stereocenters. The lowest BCUT2D eigenvalue weighted by atomic mass is 10.1. The first-order valence-electron chi connectivity index (χ1n) is 8.87. The van der Waals surface area contributed by atoms with Crippen molar-refractivity contribution >= 4 is 22.6 Å².